The van der Waals surface area contributed by atoms with Crippen molar-refractivity contribution >= 4 is 0 Å². The molecule has 1 saturated carbocycles. The van der Waals surface area contributed by atoms with Gasteiger partial charge in [0, 0.05) is 6.04 Å². The average Bonchev–Trinajstić information content (AvgIpc) is 2.43. The van der Waals surface area contributed by atoms with Crippen LogP contribution in [0.4, 0.5) is 4.39 Å². The van der Waals surface area contributed by atoms with Crippen LogP contribution in [0.15, 0.2) is 36.2 Å². The topological polar surface area (TPSA) is 23.5 Å². The lowest BCUT2D eigenvalue weighted by molar-refractivity contribution is 0.0651. The lowest BCUT2D eigenvalue weighted by atomic mass is 9.80. The molecule has 0 aromatic carbocycles. The van der Waals surface area contributed by atoms with Gasteiger partial charge in [0.1, 0.15) is 5.83 Å². The summed E-state index contributed by atoms with van der Waals surface area (Å²) in [5.41, 5.74) is 1.73. The van der Waals surface area contributed by atoms with E-state index in [-0.39, 0.29) is 11.9 Å². The van der Waals surface area contributed by atoms with Crippen LogP contribution < -0.4 is 0 Å². The Morgan fingerprint density at radius 3 is 2.45 bits per heavy atom. The number of likely N-dealkylation sites (N-methyl/N-ethyl adjacent to an activating group) is 1. The molecule has 1 rings (SSSR count). The van der Waals surface area contributed by atoms with E-state index in [9.17, 15) is 9.50 Å². The molecule has 1 aliphatic carbocycles. The van der Waals surface area contributed by atoms with Crippen molar-refractivity contribution in [2.24, 2.45) is 5.92 Å². The number of halogens is 1. The quantitative estimate of drug-likeness (QED) is 0.590. The molecule has 0 aromatic rings. The maximum Gasteiger partial charge on any atom is 0.123 e. The minimum Gasteiger partial charge on any atom is -0.393 e. The monoisotopic (exact) mass is 281 g/mol. The van der Waals surface area contributed by atoms with Crippen molar-refractivity contribution < 1.29 is 9.50 Å². The molecular weight excluding hydrogens is 253 g/mol. The molecule has 3 heteroatoms. The number of hydrogen-bond donors (Lipinski definition) is 1. The van der Waals surface area contributed by atoms with Crippen LogP contribution in [-0.2, 0) is 0 Å². The lowest BCUT2D eigenvalue weighted by Crippen LogP contribution is -2.36. The van der Waals surface area contributed by atoms with Gasteiger partial charge in [-0.15, -0.1) is 0 Å². The van der Waals surface area contributed by atoms with Gasteiger partial charge >= 0.3 is 0 Å². The molecule has 2 atom stereocenters. The molecule has 0 radical (unpaired) electrons. The first-order valence-electron chi connectivity index (χ1n) is 7.39. The number of nitrogens with zero attached hydrogens (tertiary/aromatic N) is 1. The molecule has 1 N–H and O–H groups in total. The van der Waals surface area contributed by atoms with Gasteiger partial charge in [0.25, 0.3) is 0 Å². The molecule has 0 bridgehead atoms. The van der Waals surface area contributed by atoms with E-state index in [0.29, 0.717) is 17.9 Å². The first kappa shape index (κ1) is 17.1. The fraction of sp³-hybridized carbons (Fsp3) is 0.647. The van der Waals surface area contributed by atoms with Crippen molar-refractivity contribution in [3.63, 3.8) is 0 Å². The molecule has 0 saturated heterocycles. The second-order valence-electron chi connectivity index (χ2n) is 6.03. The summed E-state index contributed by atoms with van der Waals surface area (Å²) in [6, 6.07) is -0.161. The van der Waals surface area contributed by atoms with E-state index in [2.05, 4.69) is 13.2 Å². The van der Waals surface area contributed by atoms with Crippen molar-refractivity contribution in [3.8, 4) is 0 Å². The predicted octanol–water partition coefficient (Wildman–Crippen LogP) is 3.84. The van der Waals surface area contributed by atoms with Gasteiger partial charge in [-0.3, -0.25) is 0 Å². The van der Waals surface area contributed by atoms with Crippen molar-refractivity contribution in [1.82, 2.24) is 4.90 Å². The second kappa shape index (κ2) is 7.75. The minimum absolute atomic E-state index is 0.161. The molecule has 2 unspecified atom stereocenters. The van der Waals surface area contributed by atoms with Crippen LogP contribution in [0.5, 0.6) is 0 Å². The molecule has 0 aliphatic heterocycles. The van der Waals surface area contributed by atoms with E-state index in [1.54, 1.807) is 6.92 Å². The van der Waals surface area contributed by atoms with Crippen LogP contribution in [0.25, 0.3) is 0 Å². The Bertz CT molecular complexity index is 376. The highest BCUT2D eigenvalue weighted by Crippen LogP contribution is 2.32. The normalized spacial score (nSPS) is 21.1. The molecule has 0 amide bonds. The standard InChI is InChI=1S/C17H28FNO/c1-6-15(18)13(3)16(19(4)5)11-17(20)14-9-7-12(2)8-10-14/h6,14,16-17,20H,2-3,7-11H2,1,4-5H3. The zero-order chi connectivity index (χ0) is 15.3. The van der Waals surface area contributed by atoms with Gasteiger partial charge in [-0.05, 0) is 64.6 Å². The number of rotatable bonds is 6. The summed E-state index contributed by atoms with van der Waals surface area (Å²) in [7, 11) is 3.79. The van der Waals surface area contributed by atoms with E-state index in [1.807, 2.05) is 19.0 Å². The van der Waals surface area contributed by atoms with Gasteiger partial charge in [-0.1, -0.05) is 24.8 Å². The first-order chi connectivity index (χ1) is 9.36. The van der Waals surface area contributed by atoms with Crippen LogP contribution in [0.1, 0.15) is 39.0 Å². The summed E-state index contributed by atoms with van der Waals surface area (Å²) < 4.78 is 13.7. The highest BCUT2D eigenvalue weighted by molar-refractivity contribution is 5.27. The van der Waals surface area contributed by atoms with Crippen LogP contribution in [0.2, 0.25) is 0 Å². The van der Waals surface area contributed by atoms with E-state index in [4.69, 9.17) is 0 Å². The Balaban J connectivity index is 2.66. The molecular formula is C17H28FNO. The summed E-state index contributed by atoms with van der Waals surface area (Å²) in [5.74, 6) is 0.0114. The molecule has 0 spiro atoms. The molecule has 114 valence electrons. The Morgan fingerprint density at radius 1 is 1.45 bits per heavy atom. The summed E-state index contributed by atoms with van der Waals surface area (Å²) in [6.07, 6.45) is 5.52. The molecule has 20 heavy (non-hydrogen) atoms. The van der Waals surface area contributed by atoms with Crippen molar-refractivity contribution in [1.29, 1.82) is 0 Å². The fourth-order valence-corrected chi connectivity index (χ4v) is 2.86. The summed E-state index contributed by atoms with van der Waals surface area (Å²) in [5, 5.41) is 10.4. The minimum atomic E-state index is -0.406. The third kappa shape index (κ3) is 4.57. The number of hydrogen-bond acceptors (Lipinski definition) is 2. The molecule has 2 nitrogen and oxygen atoms in total. The summed E-state index contributed by atoms with van der Waals surface area (Å²) in [6.45, 7) is 9.51. The van der Waals surface area contributed by atoms with Gasteiger partial charge in [0.05, 0.1) is 6.10 Å². The summed E-state index contributed by atoms with van der Waals surface area (Å²) in [4.78, 5) is 1.93. The van der Waals surface area contributed by atoms with Crippen LogP contribution in [0, 0.1) is 5.92 Å². The van der Waals surface area contributed by atoms with Gasteiger partial charge in [-0.25, -0.2) is 4.39 Å². The Hall–Kier alpha value is -0.930. The average molecular weight is 281 g/mol. The molecule has 0 aromatic heterocycles. The van der Waals surface area contributed by atoms with Gasteiger partial charge in [-0.2, -0.15) is 0 Å². The highest BCUT2D eigenvalue weighted by Gasteiger charge is 2.28. The van der Waals surface area contributed by atoms with Crippen LogP contribution in [-0.4, -0.2) is 36.2 Å². The third-order valence-electron chi connectivity index (χ3n) is 4.33. The first-order valence-corrected chi connectivity index (χ1v) is 7.39. The third-order valence-corrected chi connectivity index (χ3v) is 4.33. The number of allylic oxidation sites excluding steroid dienone is 2. The number of aliphatic hydroxyl groups excluding tert-OH is 1. The van der Waals surface area contributed by atoms with E-state index in [0.717, 1.165) is 25.7 Å². The van der Waals surface area contributed by atoms with Gasteiger partial charge in [0.2, 0.25) is 0 Å². The van der Waals surface area contributed by atoms with Crippen molar-refractivity contribution in [3.05, 3.63) is 36.2 Å². The maximum absolute atomic E-state index is 13.7. The molecule has 1 aliphatic rings. The largest absolute Gasteiger partial charge is 0.393 e. The van der Waals surface area contributed by atoms with Crippen molar-refractivity contribution in [2.45, 2.75) is 51.2 Å². The Morgan fingerprint density at radius 2 is 2.00 bits per heavy atom. The lowest BCUT2D eigenvalue weighted by Gasteiger charge is -2.33. The molecule has 0 heterocycles. The summed E-state index contributed by atoms with van der Waals surface area (Å²) >= 11 is 0. The Kier molecular flexibility index (Phi) is 6.63. The van der Waals surface area contributed by atoms with E-state index >= 15 is 0 Å². The zero-order valence-corrected chi connectivity index (χ0v) is 13.0. The van der Waals surface area contributed by atoms with Gasteiger partial charge < -0.3 is 10.0 Å². The van der Waals surface area contributed by atoms with E-state index < -0.39 is 6.10 Å². The van der Waals surface area contributed by atoms with Crippen molar-refractivity contribution in [2.75, 3.05) is 14.1 Å². The second-order valence-corrected chi connectivity index (χ2v) is 6.03. The molecule has 1 fully saturated rings. The van der Waals surface area contributed by atoms with Gasteiger partial charge in [0.15, 0.2) is 0 Å². The smallest absolute Gasteiger partial charge is 0.123 e. The van der Waals surface area contributed by atoms with E-state index in [1.165, 1.54) is 11.6 Å². The van der Waals surface area contributed by atoms with Crippen LogP contribution >= 0.6 is 0 Å². The highest BCUT2D eigenvalue weighted by atomic mass is 19.1. The van der Waals surface area contributed by atoms with Crippen LogP contribution in [0.3, 0.4) is 0 Å². The maximum atomic E-state index is 13.7. The fourth-order valence-electron chi connectivity index (χ4n) is 2.86. The Labute approximate surface area is 122 Å². The SMILES string of the molecule is C=C1CCC(C(O)CC(C(=C)C(F)=CC)N(C)C)CC1. The predicted molar refractivity (Wildman–Crippen MR) is 83.2 cm³/mol. The zero-order valence-electron chi connectivity index (χ0n) is 13.0. The number of aliphatic hydroxyl groups is 1.